The van der Waals surface area contributed by atoms with Crippen molar-refractivity contribution in [3.8, 4) is 0 Å². The summed E-state index contributed by atoms with van der Waals surface area (Å²) in [5.74, 6) is -0.111. The molecule has 0 saturated heterocycles. The molecule has 1 aromatic rings. The molecule has 0 aliphatic rings. The monoisotopic (exact) mass is 270 g/mol. The van der Waals surface area contributed by atoms with Gasteiger partial charge < -0.3 is 10.4 Å². The lowest BCUT2D eigenvalue weighted by atomic mass is 10.2. The number of likely N-dealkylation sites (N-methyl/N-ethyl adjacent to an activating group) is 1. The Labute approximate surface area is 113 Å². The molecular formula is C13H19ClN2O2. The summed E-state index contributed by atoms with van der Waals surface area (Å²) in [5.41, 5.74) is 0.710. The Morgan fingerprint density at radius 2 is 1.94 bits per heavy atom. The van der Waals surface area contributed by atoms with Crippen LogP contribution in [-0.2, 0) is 4.79 Å². The van der Waals surface area contributed by atoms with E-state index in [0.29, 0.717) is 17.3 Å². The highest BCUT2D eigenvalue weighted by molar-refractivity contribution is 6.30. The standard InChI is InChI=1S/C13H19ClN2O2/c1-9(17)8-16(3)10(2)13(18)15-12-6-4-11(14)5-7-12/h4-7,9-10,17H,8H2,1-3H3,(H,15,18)/t9-,10+/m0/s1. The van der Waals surface area contributed by atoms with Crippen molar-refractivity contribution in [3.05, 3.63) is 29.3 Å². The smallest absolute Gasteiger partial charge is 0.241 e. The van der Waals surface area contributed by atoms with Gasteiger partial charge in [-0.05, 0) is 45.2 Å². The average Bonchev–Trinajstić information content (AvgIpc) is 2.30. The van der Waals surface area contributed by atoms with Gasteiger partial charge in [0.15, 0.2) is 0 Å². The maximum atomic E-state index is 12.0. The maximum Gasteiger partial charge on any atom is 0.241 e. The van der Waals surface area contributed by atoms with Crippen LogP contribution in [0.3, 0.4) is 0 Å². The predicted octanol–water partition coefficient (Wildman–Crippen LogP) is 1.98. The third-order valence-corrected chi connectivity index (χ3v) is 2.96. The quantitative estimate of drug-likeness (QED) is 0.860. The van der Waals surface area contributed by atoms with Crippen molar-refractivity contribution >= 4 is 23.2 Å². The lowest BCUT2D eigenvalue weighted by Crippen LogP contribution is -2.42. The number of nitrogens with one attached hydrogen (secondary N) is 1. The molecule has 0 aromatic heterocycles. The van der Waals surface area contributed by atoms with E-state index in [2.05, 4.69) is 5.32 Å². The zero-order valence-electron chi connectivity index (χ0n) is 10.9. The van der Waals surface area contributed by atoms with Crippen LogP contribution in [-0.4, -0.2) is 41.7 Å². The SMILES string of the molecule is C[C@H](O)CN(C)[C@H](C)C(=O)Nc1ccc(Cl)cc1. The minimum Gasteiger partial charge on any atom is -0.392 e. The van der Waals surface area contributed by atoms with Gasteiger partial charge in [-0.2, -0.15) is 0 Å². The van der Waals surface area contributed by atoms with E-state index in [9.17, 15) is 9.90 Å². The van der Waals surface area contributed by atoms with Crippen molar-refractivity contribution in [1.82, 2.24) is 4.90 Å². The Morgan fingerprint density at radius 3 is 2.44 bits per heavy atom. The number of hydrogen-bond acceptors (Lipinski definition) is 3. The molecule has 1 amide bonds. The molecule has 100 valence electrons. The largest absolute Gasteiger partial charge is 0.392 e. The molecule has 0 unspecified atom stereocenters. The number of aliphatic hydroxyl groups is 1. The Morgan fingerprint density at radius 1 is 1.39 bits per heavy atom. The lowest BCUT2D eigenvalue weighted by molar-refractivity contribution is -0.120. The highest BCUT2D eigenvalue weighted by atomic mass is 35.5. The van der Waals surface area contributed by atoms with Gasteiger partial charge in [0.2, 0.25) is 5.91 Å². The normalized spacial score (nSPS) is 14.3. The molecule has 1 aromatic carbocycles. The first kappa shape index (κ1) is 15.0. The number of carbonyl (C=O) groups excluding carboxylic acids is 1. The molecule has 2 N–H and O–H groups in total. The molecule has 0 bridgehead atoms. The summed E-state index contributed by atoms with van der Waals surface area (Å²) < 4.78 is 0. The number of hydrogen-bond donors (Lipinski definition) is 2. The van der Waals surface area contributed by atoms with Crippen LogP contribution in [0, 0.1) is 0 Å². The summed E-state index contributed by atoms with van der Waals surface area (Å²) in [6.45, 7) is 3.95. The van der Waals surface area contributed by atoms with E-state index in [-0.39, 0.29) is 11.9 Å². The van der Waals surface area contributed by atoms with Crippen molar-refractivity contribution in [2.45, 2.75) is 26.0 Å². The zero-order chi connectivity index (χ0) is 13.7. The van der Waals surface area contributed by atoms with E-state index in [1.807, 2.05) is 0 Å². The van der Waals surface area contributed by atoms with Gasteiger partial charge in [-0.3, -0.25) is 9.69 Å². The van der Waals surface area contributed by atoms with Crippen molar-refractivity contribution in [2.24, 2.45) is 0 Å². The van der Waals surface area contributed by atoms with Gasteiger partial charge in [0.25, 0.3) is 0 Å². The minimum absolute atomic E-state index is 0.111. The van der Waals surface area contributed by atoms with Gasteiger partial charge in [-0.1, -0.05) is 11.6 Å². The molecule has 0 heterocycles. The van der Waals surface area contributed by atoms with Crippen LogP contribution in [0.15, 0.2) is 24.3 Å². The number of halogens is 1. The van der Waals surface area contributed by atoms with E-state index < -0.39 is 6.10 Å². The van der Waals surface area contributed by atoms with Crippen LogP contribution in [0.5, 0.6) is 0 Å². The van der Waals surface area contributed by atoms with Crippen LogP contribution < -0.4 is 5.32 Å². The van der Waals surface area contributed by atoms with Crippen molar-refractivity contribution in [2.75, 3.05) is 18.9 Å². The van der Waals surface area contributed by atoms with E-state index in [4.69, 9.17) is 11.6 Å². The molecule has 0 spiro atoms. The van der Waals surface area contributed by atoms with Gasteiger partial charge in [-0.25, -0.2) is 0 Å². The van der Waals surface area contributed by atoms with Crippen molar-refractivity contribution < 1.29 is 9.90 Å². The number of benzene rings is 1. The van der Waals surface area contributed by atoms with Gasteiger partial charge in [0.1, 0.15) is 0 Å². The zero-order valence-corrected chi connectivity index (χ0v) is 11.6. The van der Waals surface area contributed by atoms with E-state index in [1.54, 1.807) is 50.1 Å². The van der Waals surface area contributed by atoms with Gasteiger partial charge in [-0.15, -0.1) is 0 Å². The number of nitrogens with zero attached hydrogens (tertiary/aromatic N) is 1. The number of rotatable bonds is 5. The average molecular weight is 271 g/mol. The first-order valence-corrected chi connectivity index (χ1v) is 6.22. The molecule has 0 fully saturated rings. The lowest BCUT2D eigenvalue weighted by Gasteiger charge is -2.24. The fraction of sp³-hybridized carbons (Fsp3) is 0.462. The van der Waals surface area contributed by atoms with Crippen molar-refractivity contribution in [3.63, 3.8) is 0 Å². The highest BCUT2D eigenvalue weighted by Gasteiger charge is 2.18. The van der Waals surface area contributed by atoms with Gasteiger partial charge >= 0.3 is 0 Å². The first-order chi connectivity index (χ1) is 8.40. The van der Waals surface area contributed by atoms with E-state index in [1.165, 1.54) is 0 Å². The van der Waals surface area contributed by atoms with Gasteiger partial charge in [0.05, 0.1) is 12.1 Å². The molecule has 0 aliphatic carbocycles. The van der Waals surface area contributed by atoms with E-state index in [0.717, 1.165) is 0 Å². The fourth-order valence-electron chi connectivity index (χ4n) is 1.55. The van der Waals surface area contributed by atoms with Crippen molar-refractivity contribution in [1.29, 1.82) is 0 Å². The van der Waals surface area contributed by atoms with Crippen LogP contribution >= 0.6 is 11.6 Å². The topological polar surface area (TPSA) is 52.6 Å². The number of anilines is 1. The summed E-state index contributed by atoms with van der Waals surface area (Å²) in [6, 6.07) is 6.64. The molecule has 4 nitrogen and oxygen atoms in total. The summed E-state index contributed by atoms with van der Waals surface area (Å²) in [5, 5.41) is 12.7. The van der Waals surface area contributed by atoms with Gasteiger partial charge in [0, 0.05) is 17.3 Å². The predicted molar refractivity (Wildman–Crippen MR) is 73.9 cm³/mol. The Bertz CT molecular complexity index is 392. The Kier molecular flexibility index (Phi) is 5.59. The molecule has 5 heteroatoms. The Hall–Kier alpha value is -1.10. The number of amides is 1. The molecule has 0 aliphatic heterocycles. The second-order valence-corrected chi connectivity index (χ2v) is 4.90. The molecular weight excluding hydrogens is 252 g/mol. The first-order valence-electron chi connectivity index (χ1n) is 5.85. The van der Waals surface area contributed by atoms with Crippen LogP contribution in [0.2, 0.25) is 5.02 Å². The van der Waals surface area contributed by atoms with Crippen LogP contribution in [0.1, 0.15) is 13.8 Å². The number of aliphatic hydroxyl groups excluding tert-OH is 1. The summed E-state index contributed by atoms with van der Waals surface area (Å²) in [4.78, 5) is 13.8. The second kappa shape index (κ2) is 6.73. The van der Waals surface area contributed by atoms with Crippen LogP contribution in [0.4, 0.5) is 5.69 Å². The maximum absolute atomic E-state index is 12.0. The molecule has 0 saturated carbocycles. The third-order valence-electron chi connectivity index (χ3n) is 2.70. The minimum atomic E-state index is -0.458. The second-order valence-electron chi connectivity index (χ2n) is 4.46. The molecule has 18 heavy (non-hydrogen) atoms. The summed E-state index contributed by atoms with van der Waals surface area (Å²) >= 11 is 5.77. The molecule has 0 radical (unpaired) electrons. The van der Waals surface area contributed by atoms with Crippen LogP contribution in [0.25, 0.3) is 0 Å². The summed E-state index contributed by atoms with van der Waals surface area (Å²) in [6.07, 6.45) is -0.458. The Balaban J connectivity index is 2.56. The van der Waals surface area contributed by atoms with E-state index >= 15 is 0 Å². The molecule has 1 rings (SSSR count). The highest BCUT2D eigenvalue weighted by Crippen LogP contribution is 2.14. The number of carbonyl (C=O) groups is 1. The fourth-order valence-corrected chi connectivity index (χ4v) is 1.68. The summed E-state index contributed by atoms with van der Waals surface area (Å²) in [7, 11) is 1.80. The molecule has 2 atom stereocenters. The third kappa shape index (κ3) is 4.64.